The summed E-state index contributed by atoms with van der Waals surface area (Å²) < 4.78 is 18.4. The van der Waals surface area contributed by atoms with Gasteiger partial charge in [0.15, 0.2) is 11.6 Å². The van der Waals surface area contributed by atoms with Gasteiger partial charge in [-0.15, -0.1) is 0 Å². The highest BCUT2D eigenvalue weighted by atomic mass is 19.1. The zero-order valence-corrected chi connectivity index (χ0v) is 11.3. The van der Waals surface area contributed by atoms with E-state index in [0.717, 1.165) is 11.4 Å². The highest BCUT2D eigenvalue weighted by molar-refractivity contribution is 5.63. The predicted molar refractivity (Wildman–Crippen MR) is 77.0 cm³/mol. The van der Waals surface area contributed by atoms with E-state index in [1.165, 1.54) is 13.2 Å². The summed E-state index contributed by atoms with van der Waals surface area (Å²) >= 11 is 0. The lowest BCUT2D eigenvalue weighted by molar-refractivity contribution is 0.386. The van der Waals surface area contributed by atoms with Gasteiger partial charge < -0.3 is 15.0 Å². The molecule has 0 amide bonds. The molecule has 0 atom stereocenters. The van der Waals surface area contributed by atoms with Gasteiger partial charge in [0.25, 0.3) is 0 Å². The minimum Gasteiger partial charge on any atom is -0.494 e. The molecule has 0 heterocycles. The molecule has 100 valence electrons. The van der Waals surface area contributed by atoms with Crippen molar-refractivity contribution < 1.29 is 9.13 Å². The van der Waals surface area contributed by atoms with Gasteiger partial charge in [-0.2, -0.15) is 0 Å². The summed E-state index contributed by atoms with van der Waals surface area (Å²) in [6.07, 6.45) is 0. The molecule has 0 radical (unpaired) electrons. The van der Waals surface area contributed by atoms with E-state index in [0.29, 0.717) is 5.69 Å². The van der Waals surface area contributed by atoms with Crippen molar-refractivity contribution in [1.82, 2.24) is 0 Å². The van der Waals surface area contributed by atoms with Crippen LogP contribution >= 0.6 is 0 Å². The second kappa shape index (κ2) is 5.61. The largest absolute Gasteiger partial charge is 0.494 e. The molecule has 19 heavy (non-hydrogen) atoms. The van der Waals surface area contributed by atoms with Crippen LogP contribution in [0.5, 0.6) is 5.75 Å². The number of benzene rings is 2. The van der Waals surface area contributed by atoms with E-state index in [1.54, 1.807) is 12.1 Å². The molecule has 0 spiro atoms. The number of nitrogens with zero attached hydrogens (tertiary/aromatic N) is 1. The molecule has 2 rings (SSSR count). The molecule has 0 aromatic heterocycles. The lowest BCUT2D eigenvalue weighted by Gasteiger charge is -2.13. The molecular weight excluding hydrogens is 243 g/mol. The number of hydrogen-bond acceptors (Lipinski definition) is 3. The second-order valence-corrected chi connectivity index (χ2v) is 4.42. The van der Waals surface area contributed by atoms with E-state index >= 15 is 0 Å². The van der Waals surface area contributed by atoms with Gasteiger partial charge in [-0.3, -0.25) is 0 Å². The zero-order chi connectivity index (χ0) is 13.8. The van der Waals surface area contributed by atoms with Gasteiger partial charge in [0.2, 0.25) is 0 Å². The first-order valence-corrected chi connectivity index (χ1v) is 5.98. The summed E-state index contributed by atoms with van der Waals surface area (Å²) in [5.74, 6) is -0.133. The summed E-state index contributed by atoms with van der Waals surface area (Å²) in [6, 6.07) is 12.7. The highest BCUT2D eigenvalue weighted by Crippen LogP contribution is 2.24. The van der Waals surface area contributed by atoms with E-state index in [2.05, 4.69) is 5.32 Å². The summed E-state index contributed by atoms with van der Waals surface area (Å²) in [7, 11) is 5.42. The third kappa shape index (κ3) is 3.16. The molecule has 2 aromatic rings. The van der Waals surface area contributed by atoms with Crippen LogP contribution in [0.25, 0.3) is 0 Å². The Balaban J connectivity index is 2.14. The van der Waals surface area contributed by atoms with E-state index in [1.807, 2.05) is 43.3 Å². The van der Waals surface area contributed by atoms with E-state index in [9.17, 15) is 4.39 Å². The molecule has 0 saturated heterocycles. The Morgan fingerprint density at radius 3 is 2.16 bits per heavy atom. The first-order chi connectivity index (χ1) is 9.10. The van der Waals surface area contributed by atoms with Crippen LogP contribution in [0.15, 0.2) is 42.5 Å². The molecule has 0 fully saturated rings. The van der Waals surface area contributed by atoms with Crippen LogP contribution in [-0.4, -0.2) is 21.2 Å². The van der Waals surface area contributed by atoms with Crippen molar-refractivity contribution in [3.05, 3.63) is 48.3 Å². The summed E-state index contributed by atoms with van der Waals surface area (Å²) in [4.78, 5) is 2.02. The first-order valence-electron chi connectivity index (χ1n) is 5.98. The number of halogens is 1. The number of methoxy groups -OCH3 is 1. The third-order valence-electron chi connectivity index (χ3n) is 2.82. The molecule has 0 aliphatic rings. The number of anilines is 3. The van der Waals surface area contributed by atoms with Gasteiger partial charge in [0.05, 0.1) is 7.11 Å². The number of nitrogens with one attached hydrogen (secondary N) is 1. The fraction of sp³-hybridized carbons (Fsp3) is 0.200. The van der Waals surface area contributed by atoms with Crippen LogP contribution < -0.4 is 15.0 Å². The van der Waals surface area contributed by atoms with Crippen molar-refractivity contribution in [3.63, 3.8) is 0 Å². The summed E-state index contributed by atoms with van der Waals surface area (Å²) in [6.45, 7) is 0. The first kappa shape index (κ1) is 13.2. The minimum atomic E-state index is -0.377. The number of rotatable bonds is 4. The van der Waals surface area contributed by atoms with Crippen LogP contribution in [0.2, 0.25) is 0 Å². The quantitative estimate of drug-likeness (QED) is 0.908. The van der Waals surface area contributed by atoms with E-state index in [4.69, 9.17) is 4.74 Å². The smallest absolute Gasteiger partial charge is 0.167 e. The standard InChI is InChI=1S/C15H17FN2O/c1-18(2)13-7-4-11(5-8-13)17-12-6-9-15(19-3)14(16)10-12/h4-10,17H,1-3H3. The van der Waals surface area contributed by atoms with Crippen LogP contribution in [0.1, 0.15) is 0 Å². The van der Waals surface area contributed by atoms with Crippen LogP contribution in [-0.2, 0) is 0 Å². The average molecular weight is 260 g/mol. The normalized spacial score (nSPS) is 10.1. The third-order valence-corrected chi connectivity index (χ3v) is 2.82. The van der Waals surface area contributed by atoms with Gasteiger partial charge in [0, 0.05) is 37.2 Å². The Labute approximate surface area is 112 Å². The molecule has 0 aliphatic carbocycles. The Morgan fingerprint density at radius 1 is 1.00 bits per heavy atom. The van der Waals surface area contributed by atoms with Crippen molar-refractivity contribution in [1.29, 1.82) is 0 Å². The van der Waals surface area contributed by atoms with Gasteiger partial charge in [0.1, 0.15) is 0 Å². The number of ether oxygens (including phenoxy) is 1. The van der Waals surface area contributed by atoms with Crippen LogP contribution in [0.3, 0.4) is 0 Å². The van der Waals surface area contributed by atoms with Crippen LogP contribution in [0.4, 0.5) is 21.5 Å². The van der Waals surface area contributed by atoms with Gasteiger partial charge in [-0.05, 0) is 36.4 Å². The molecular formula is C15H17FN2O. The molecule has 0 unspecified atom stereocenters. The molecule has 0 bridgehead atoms. The maximum Gasteiger partial charge on any atom is 0.167 e. The molecule has 1 N–H and O–H groups in total. The van der Waals surface area contributed by atoms with E-state index in [-0.39, 0.29) is 11.6 Å². The van der Waals surface area contributed by atoms with Crippen molar-refractivity contribution in [2.24, 2.45) is 0 Å². The zero-order valence-electron chi connectivity index (χ0n) is 11.3. The Kier molecular flexibility index (Phi) is 3.90. The Hall–Kier alpha value is -2.23. The lowest BCUT2D eigenvalue weighted by atomic mass is 10.2. The van der Waals surface area contributed by atoms with Crippen LogP contribution in [0, 0.1) is 5.82 Å². The van der Waals surface area contributed by atoms with Gasteiger partial charge in [-0.25, -0.2) is 4.39 Å². The van der Waals surface area contributed by atoms with Gasteiger partial charge in [-0.1, -0.05) is 0 Å². The summed E-state index contributed by atoms with van der Waals surface area (Å²) in [5.41, 5.74) is 2.72. The number of hydrogen-bond donors (Lipinski definition) is 1. The van der Waals surface area contributed by atoms with Gasteiger partial charge >= 0.3 is 0 Å². The van der Waals surface area contributed by atoms with Crippen molar-refractivity contribution in [3.8, 4) is 5.75 Å². The predicted octanol–water partition coefficient (Wildman–Crippen LogP) is 3.64. The fourth-order valence-electron chi connectivity index (χ4n) is 1.75. The highest BCUT2D eigenvalue weighted by Gasteiger charge is 2.03. The SMILES string of the molecule is COc1ccc(Nc2ccc(N(C)C)cc2)cc1F. The maximum absolute atomic E-state index is 13.6. The second-order valence-electron chi connectivity index (χ2n) is 4.42. The molecule has 0 saturated carbocycles. The molecule has 0 aliphatic heterocycles. The maximum atomic E-state index is 13.6. The lowest BCUT2D eigenvalue weighted by Crippen LogP contribution is -2.08. The van der Waals surface area contributed by atoms with Crippen molar-refractivity contribution >= 4 is 17.1 Å². The Bertz CT molecular complexity index is 553. The van der Waals surface area contributed by atoms with Crippen molar-refractivity contribution in [2.75, 3.05) is 31.4 Å². The topological polar surface area (TPSA) is 24.5 Å². The fourth-order valence-corrected chi connectivity index (χ4v) is 1.75. The molecule has 3 nitrogen and oxygen atoms in total. The Morgan fingerprint density at radius 2 is 1.63 bits per heavy atom. The average Bonchev–Trinajstić information content (AvgIpc) is 2.39. The van der Waals surface area contributed by atoms with E-state index < -0.39 is 0 Å². The minimum absolute atomic E-state index is 0.244. The van der Waals surface area contributed by atoms with Crippen molar-refractivity contribution in [2.45, 2.75) is 0 Å². The molecule has 4 heteroatoms. The summed E-state index contributed by atoms with van der Waals surface area (Å²) in [5, 5.41) is 3.15. The monoisotopic (exact) mass is 260 g/mol. The molecule has 2 aromatic carbocycles.